The van der Waals surface area contributed by atoms with Gasteiger partial charge in [0.05, 0.1) is 0 Å². The summed E-state index contributed by atoms with van der Waals surface area (Å²) in [6.07, 6.45) is -1.07. The van der Waals surface area contributed by atoms with Gasteiger partial charge in [0.15, 0.2) is 5.60 Å². The first-order chi connectivity index (χ1) is 6.69. The third kappa shape index (κ3) is 4.20. The largest absolute Gasteiger partial charge is 0.479 e. The highest BCUT2D eigenvalue weighted by Gasteiger charge is 2.39. The van der Waals surface area contributed by atoms with Crippen molar-refractivity contribution in [2.45, 2.75) is 39.2 Å². The first kappa shape index (κ1) is 13.8. The number of Topliss-reactive ketones (excluding diaryl/α,β-unsaturated/α-hetero) is 2. The van der Waals surface area contributed by atoms with Crippen molar-refractivity contribution in [3.63, 3.8) is 0 Å². The number of hydrogen-bond donors (Lipinski definition) is 2. The molecule has 15 heavy (non-hydrogen) atoms. The fourth-order valence-corrected chi connectivity index (χ4v) is 1.12. The Balaban J connectivity index is 4.73. The van der Waals surface area contributed by atoms with Gasteiger partial charge in [-0.25, -0.2) is 4.79 Å². The Kier molecular flexibility index (Phi) is 4.61. The zero-order chi connectivity index (χ0) is 12.2. The van der Waals surface area contributed by atoms with Crippen molar-refractivity contribution in [3.8, 4) is 0 Å². The molecule has 0 rings (SSSR count). The van der Waals surface area contributed by atoms with Gasteiger partial charge >= 0.3 is 5.97 Å². The molecule has 0 heterocycles. The van der Waals surface area contributed by atoms with Crippen LogP contribution in [0.5, 0.6) is 0 Å². The van der Waals surface area contributed by atoms with Crippen LogP contribution in [-0.2, 0) is 14.4 Å². The molecule has 0 saturated heterocycles. The molecule has 1 unspecified atom stereocenters. The summed E-state index contributed by atoms with van der Waals surface area (Å²) in [6.45, 7) is 4.39. The third-order valence-corrected chi connectivity index (χ3v) is 2.05. The SMILES string of the molecule is CC(=O)CC(O)(CC(=O)C(C)C)C(=O)O. The average Bonchev–Trinajstić information content (AvgIpc) is 2.01. The van der Waals surface area contributed by atoms with Gasteiger partial charge in [-0.05, 0) is 6.92 Å². The predicted molar refractivity (Wildman–Crippen MR) is 52.3 cm³/mol. The summed E-state index contributed by atoms with van der Waals surface area (Å²) in [7, 11) is 0. The van der Waals surface area contributed by atoms with Gasteiger partial charge in [-0.15, -0.1) is 0 Å². The smallest absolute Gasteiger partial charge is 0.336 e. The molecule has 5 nitrogen and oxygen atoms in total. The Labute approximate surface area is 88.1 Å². The summed E-state index contributed by atoms with van der Waals surface area (Å²) in [4.78, 5) is 32.9. The maximum atomic E-state index is 11.3. The number of carbonyl (C=O) groups excluding carboxylic acids is 2. The van der Waals surface area contributed by atoms with E-state index >= 15 is 0 Å². The second-order valence-electron chi connectivity index (χ2n) is 4.01. The molecule has 0 fully saturated rings. The first-order valence-corrected chi connectivity index (χ1v) is 4.67. The van der Waals surface area contributed by atoms with Gasteiger partial charge in [-0.1, -0.05) is 13.8 Å². The number of carboxylic acid groups (broad SMARTS) is 1. The summed E-state index contributed by atoms with van der Waals surface area (Å²) >= 11 is 0. The van der Waals surface area contributed by atoms with Crippen LogP contribution in [0, 0.1) is 5.92 Å². The van der Waals surface area contributed by atoms with Crippen molar-refractivity contribution in [2.24, 2.45) is 5.92 Å². The van der Waals surface area contributed by atoms with Crippen molar-refractivity contribution in [3.05, 3.63) is 0 Å². The second-order valence-corrected chi connectivity index (χ2v) is 4.01. The van der Waals surface area contributed by atoms with Gasteiger partial charge in [0.1, 0.15) is 11.6 Å². The van der Waals surface area contributed by atoms with E-state index in [-0.39, 0.29) is 11.7 Å². The molecule has 0 amide bonds. The Hall–Kier alpha value is -1.23. The first-order valence-electron chi connectivity index (χ1n) is 4.67. The molecule has 0 aliphatic rings. The minimum atomic E-state index is -2.26. The summed E-state index contributed by atoms with van der Waals surface area (Å²) < 4.78 is 0. The molecule has 0 aromatic heterocycles. The second kappa shape index (κ2) is 5.02. The van der Waals surface area contributed by atoms with Gasteiger partial charge in [0.25, 0.3) is 0 Å². The number of carbonyl (C=O) groups is 3. The van der Waals surface area contributed by atoms with Crippen LogP contribution in [0.3, 0.4) is 0 Å². The minimum Gasteiger partial charge on any atom is -0.479 e. The highest BCUT2D eigenvalue weighted by molar-refractivity contribution is 5.92. The highest BCUT2D eigenvalue weighted by Crippen LogP contribution is 2.19. The van der Waals surface area contributed by atoms with Crippen molar-refractivity contribution in [1.29, 1.82) is 0 Å². The topological polar surface area (TPSA) is 91.7 Å². The van der Waals surface area contributed by atoms with E-state index in [1.54, 1.807) is 13.8 Å². The van der Waals surface area contributed by atoms with Crippen LogP contribution in [0.25, 0.3) is 0 Å². The van der Waals surface area contributed by atoms with E-state index < -0.39 is 30.2 Å². The number of hydrogen-bond acceptors (Lipinski definition) is 4. The van der Waals surface area contributed by atoms with E-state index in [1.165, 1.54) is 6.92 Å². The van der Waals surface area contributed by atoms with E-state index in [0.29, 0.717) is 0 Å². The van der Waals surface area contributed by atoms with E-state index in [1.807, 2.05) is 0 Å². The summed E-state index contributed by atoms with van der Waals surface area (Å²) in [5, 5.41) is 18.4. The van der Waals surface area contributed by atoms with Crippen LogP contribution >= 0.6 is 0 Å². The molecule has 0 aromatic carbocycles. The molecule has 0 aliphatic heterocycles. The van der Waals surface area contributed by atoms with Gasteiger partial charge in [-0.2, -0.15) is 0 Å². The Morgan fingerprint density at radius 3 is 1.93 bits per heavy atom. The Morgan fingerprint density at radius 2 is 1.67 bits per heavy atom. The van der Waals surface area contributed by atoms with Crippen molar-refractivity contribution in [1.82, 2.24) is 0 Å². The van der Waals surface area contributed by atoms with Crippen molar-refractivity contribution >= 4 is 17.5 Å². The Morgan fingerprint density at radius 1 is 1.20 bits per heavy atom. The van der Waals surface area contributed by atoms with E-state index in [9.17, 15) is 19.5 Å². The lowest BCUT2D eigenvalue weighted by atomic mass is 9.88. The molecule has 2 N–H and O–H groups in total. The van der Waals surface area contributed by atoms with Crippen LogP contribution in [0.4, 0.5) is 0 Å². The van der Waals surface area contributed by atoms with E-state index in [0.717, 1.165) is 0 Å². The molecule has 0 aliphatic carbocycles. The fourth-order valence-electron chi connectivity index (χ4n) is 1.12. The summed E-state index contributed by atoms with van der Waals surface area (Å²) in [6, 6.07) is 0. The maximum absolute atomic E-state index is 11.3. The highest BCUT2D eigenvalue weighted by atomic mass is 16.4. The zero-order valence-corrected chi connectivity index (χ0v) is 9.11. The summed E-state index contributed by atoms with van der Waals surface area (Å²) in [5.41, 5.74) is -2.26. The standard InChI is InChI=1S/C10H16O5/c1-6(2)8(12)5-10(15,9(13)14)4-7(3)11/h6,15H,4-5H2,1-3H3,(H,13,14). The van der Waals surface area contributed by atoms with Crippen LogP contribution < -0.4 is 0 Å². The lowest BCUT2D eigenvalue weighted by Gasteiger charge is -2.22. The van der Waals surface area contributed by atoms with Gasteiger partial charge in [-0.3, -0.25) is 9.59 Å². The van der Waals surface area contributed by atoms with Crippen molar-refractivity contribution < 1.29 is 24.6 Å². The number of ketones is 2. The van der Waals surface area contributed by atoms with Crippen LogP contribution in [0.1, 0.15) is 33.6 Å². The maximum Gasteiger partial charge on any atom is 0.336 e. The predicted octanol–water partition coefficient (Wildman–Crippen LogP) is 0.396. The normalized spacial score (nSPS) is 14.7. The molecule has 1 atom stereocenters. The molecule has 5 heteroatoms. The summed E-state index contributed by atoms with van der Waals surface area (Å²) in [5.74, 6) is -2.73. The monoisotopic (exact) mass is 216 g/mol. The van der Waals surface area contributed by atoms with Crippen LogP contribution in [-0.4, -0.2) is 33.3 Å². The van der Waals surface area contributed by atoms with E-state index in [4.69, 9.17) is 5.11 Å². The number of carboxylic acids is 1. The molecule has 0 saturated carbocycles. The molecule has 0 spiro atoms. The van der Waals surface area contributed by atoms with E-state index in [2.05, 4.69) is 0 Å². The minimum absolute atomic E-state index is 0.358. The number of aliphatic hydroxyl groups is 1. The van der Waals surface area contributed by atoms with Crippen LogP contribution in [0.2, 0.25) is 0 Å². The molecular formula is C10H16O5. The van der Waals surface area contributed by atoms with Gasteiger partial charge in [0.2, 0.25) is 0 Å². The number of aliphatic carboxylic acids is 1. The quantitative estimate of drug-likeness (QED) is 0.670. The average molecular weight is 216 g/mol. The lowest BCUT2D eigenvalue weighted by molar-refractivity contribution is -0.164. The van der Waals surface area contributed by atoms with Gasteiger partial charge < -0.3 is 10.2 Å². The molecule has 86 valence electrons. The Bertz CT molecular complexity index is 282. The number of rotatable bonds is 6. The van der Waals surface area contributed by atoms with Crippen molar-refractivity contribution in [2.75, 3.05) is 0 Å². The molecular weight excluding hydrogens is 200 g/mol. The van der Waals surface area contributed by atoms with Gasteiger partial charge in [0, 0.05) is 18.8 Å². The molecule has 0 aromatic rings. The zero-order valence-electron chi connectivity index (χ0n) is 9.11. The van der Waals surface area contributed by atoms with Crippen LogP contribution in [0.15, 0.2) is 0 Å². The lowest BCUT2D eigenvalue weighted by Crippen LogP contribution is -2.43. The molecule has 0 radical (unpaired) electrons. The molecule has 0 bridgehead atoms. The third-order valence-electron chi connectivity index (χ3n) is 2.05. The fraction of sp³-hybridized carbons (Fsp3) is 0.700.